The molecule has 0 heterocycles. The van der Waals surface area contributed by atoms with Gasteiger partial charge in [0.25, 0.3) is 0 Å². The summed E-state index contributed by atoms with van der Waals surface area (Å²) in [6, 6.07) is 3.69. The number of halogens is 2. The third kappa shape index (κ3) is 3.64. The van der Waals surface area contributed by atoms with Crippen LogP contribution in [0.1, 0.15) is 13.3 Å². The van der Waals surface area contributed by atoms with Crippen molar-refractivity contribution in [2.45, 2.75) is 18.9 Å². The van der Waals surface area contributed by atoms with Crippen LogP contribution in [0, 0.1) is 11.6 Å². The normalized spacial score (nSPS) is 13.7. The molecule has 0 amide bonds. The molecule has 0 spiro atoms. The van der Waals surface area contributed by atoms with Gasteiger partial charge in [0.1, 0.15) is 5.54 Å². The Morgan fingerprint density at radius 3 is 2.68 bits per heavy atom. The first-order chi connectivity index (χ1) is 8.94. The van der Waals surface area contributed by atoms with Crippen LogP contribution >= 0.6 is 0 Å². The van der Waals surface area contributed by atoms with Gasteiger partial charge in [-0.1, -0.05) is 6.07 Å². The maximum atomic E-state index is 13.3. The highest BCUT2D eigenvalue weighted by Gasteiger charge is 2.32. The first-order valence-corrected chi connectivity index (χ1v) is 5.78. The summed E-state index contributed by atoms with van der Waals surface area (Å²) in [6.07, 6.45) is 0.256. The van der Waals surface area contributed by atoms with Crippen molar-refractivity contribution in [2.75, 3.05) is 20.8 Å². The van der Waals surface area contributed by atoms with E-state index in [0.717, 1.165) is 6.07 Å². The number of methoxy groups -OCH3 is 1. The van der Waals surface area contributed by atoms with E-state index in [9.17, 15) is 13.6 Å². The summed E-state index contributed by atoms with van der Waals surface area (Å²) in [6.45, 7) is 1.69. The van der Waals surface area contributed by atoms with Gasteiger partial charge in [-0.3, -0.25) is 4.79 Å². The monoisotopic (exact) mass is 273 g/mol. The number of nitrogens with one attached hydrogen (secondary N) is 1. The molecular formula is C13H17F2NO3. The zero-order chi connectivity index (χ0) is 14.5. The summed E-state index contributed by atoms with van der Waals surface area (Å²) >= 11 is 0. The van der Waals surface area contributed by atoms with E-state index in [4.69, 9.17) is 4.74 Å². The van der Waals surface area contributed by atoms with Crippen LogP contribution in [0.5, 0.6) is 5.75 Å². The maximum Gasteiger partial charge on any atom is 0.325 e. The highest BCUT2D eigenvalue weighted by Crippen LogP contribution is 2.20. The van der Waals surface area contributed by atoms with Crippen molar-refractivity contribution < 1.29 is 23.0 Å². The van der Waals surface area contributed by atoms with Gasteiger partial charge in [-0.2, -0.15) is 4.39 Å². The summed E-state index contributed by atoms with van der Waals surface area (Å²) < 4.78 is 36.1. The molecule has 1 atom stereocenters. The lowest BCUT2D eigenvalue weighted by molar-refractivity contribution is -0.148. The zero-order valence-corrected chi connectivity index (χ0v) is 11.1. The van der Waals surface area contributed by atoms with Crippen LogP contribution in [0.3, 0.4) is 0 Å². The minimum absolute atomic E-state index is 0.0484. The van der Waals surface area contributed by atoms with E-state index in [-0.39, 0.29) is 18.8 Å². The number of benzene rings is 1. The molecule has 106 valence electrons. The van der Waals surface area contributed by atoms with Crippen LogP contribution in [0.15, 0.2) is 18.2 Å². The Morgan fingerprint density at radius 2 is 2.11 bits per heavy atom. The third-order valence-corrected chi connectivity index (χ3v) is 2.96. The second-order valence-corrected chi connectivity index (χ2v) is 4.22. The Hall–Kier alpha value is -1.69. The molecule has 0 radical (unpaired) electrons. The average molecular weight is 273 g/mol. The average Bonchev–Trinajstić information content (AvgIpc) is 2.42. The van der Waals surface area contributed by atoms with Crippen LogP contribution < -0.4 is 10.1 Å². The van der Waals surface area contributed by atoms with Crippen molar-refractivity contribution in [3.8, 4) is 5.75 Å². The number of likely N-dealkylation sites (N-methyl/N-ethyl adjacent to an activating group) is 1. The van der Waals surface area contributed by atoms with E-state index in [1.54, 1.807) is 14.0 Å². The van der Waals surface area contributed by atoms with E-state index >= 15 is 0 Å². The summed E-state index contributed by atoms with van der Waals surface area (Å²) in [5.41, 5.74) is -0.932. The minimum Gasteiger partial charge on any atom is -0.490 e. The molecule has 0 saturated heterocycles. The predicted octanol–water partition coefficient (Wildman–Crippen LogP) is 1.88. The quantitative estimate of drug-likeness (QED) is 0.804. The number of hydrogen-bond acceptors (Lipinski definition) is 4. The fraction of sp³-hybridized carbons (Fsp3) is 0.462. The Labute approximate surface area is 110 Å². The lowest BCUT2D eigenvalue weighted by Gasteiger charge is -2.25. The molecule has 0 aromatic heterocycles. The molecule has 0 aliphatic rings. The minimum atomic E-state index is -1.04. The molecule has 1 aromatic carbocycles. The van der Waals surface area contributed by atoms with Crippen molar-refractivity contribution in [1.82, 2.24) is 5.32 Å². The molecule has 0 aliphatic carbocycles. The highest BCUT2D eigenvalue weighted by molar-refractivity contribution is 5.80. The standard InChI is InChI=1S/C13H17F2NO3/c1-13(16-2,12(17)18-3)7-8-19-10-6-4-5-9(14)11(10)15/h4-6,16H,7-8H2,1-3H3. The fourth-order valence-corrected chi connectivity index (χ4v) is 1.51. The Balaban J connectivity index is 2.63. The second kappa shape index (κ2) is 6.47. The highest BCUT2D eigenvalue weighted by atomic mass is 19.2. The SMILES string of the molecule is CNC(C)(CCOc1cccc(F)c1F)C(=O)OC. The molecule has 4 nitrogen and oxygen atoms in total. The van der Waals surface area contributed by atoms with Gasteiger partial charge < -0.3 is 14.8 Å². The van der Waals surface area contributed by atoms with Gasteiger partial charge in [0.15, 0.2) is 11.6 Å². The molecule has 1 aromatic rings. The van der Waals surface area contributed by atoms with Gasteiger partial charge in [0.2, 0.25) is 5.82 Å². The first-order valence-electron chi connectivity index (χ1n) is 5.78. The zero-order valence-electron chi connectivity index (χ0n) is 11.1. The van der Waals surface area contributed by atoms with Crippen LogP contribution in [-0.4, -0.2) is 32.3 Å². The van der Waals surface area contributed by atoms with Crippen molar-refractivity contribution in [3.05, 3.63) is 29.8 Å². The van der Waals surface area contributed by atoms with Gasteiger partial charge in [-0.05, 0) is 26.1 Å². The van der Waals surface area contributed by atoms with Crippen LogP contribution in [-0.2, 0) is 9.53 Å². The maximum absolute atomic E-state index is 13.3. The third-order valence-electron chi connectivity index (χ3n) is 2.96. The Kier molecular flexibility index (Phi) is 5.23. The Bertz CT molecular complexity index is 454. The second-order valence-electron chi connectivity index (χ2n) is 4.22. The molecule has 1 rings (SSSR count). The molecule has 0 fully saturated rings. The van der Waals surface area contributed by atoms with E-state index in [2.05, 4.69) is 10.1 Å². The van der Waals surface area contributed by atoms with Gasteiger partial charge in [0, 0.05) is 6.42 Å². The summed E-state index contributed by atoms with van der Waals surface area (Å²) in [5.74, 6) is -2.63. The first kappa shape index (κ1) is 15.4. The van der Waals surface area contributed by atoms with E-state index in [0.29, 0.717) is 0 Å². The predicted molar refractivity (Wildman–Crippen MR) is 66.0 cm³/mol. The summed E-state index contributed by atoms with van der Waals surface area (Å²) in [4.78, 5) is 11.6. The molecule has 1 N–H and O–H groups in total. The van der Waals surface area contributed by atoms with Crippen molar-refractivity contribution in [1.29, 1.82) is 0 Å². The smallest absolute Gasteiger partial charge is 0.325 e. The number of esters is 1. The summed E-state index contributed by atoms with van der Waals surface area (Å²) in [7, 11) is 2.89. The number of carbonyl (C=O) groups excluding carboxylic acids is 1. The molecule has 0 bridgehead atoms. The van der Waals surface area contributed by atoms with E-state index in [1.807, 2.05) is 0 Å². The largest absolute Gasteiger partial charge is 0.490 e. The van der Waals surface area contributed by atoms with E-state index < -0.39 is 23.1 Å². The van der Waals surface area contributed by atoms with E-state index in [1.165, 1.54) is 19.2 Å². The van der Waals surface area contributed by atoms with Gasteiger partial charge in [0.05, 0.1) is 13.7 Å². The molecule has 1 unspecified atom stereocenters. The van der Waals surface area contributed by atoms with Crippen LogP contribution in [0.25, 0.3) is 0 Å². The lowest BCUT2D eigenvalue weighted by Crippen LogP contribution is -2.49. The number of hydrogen-bond donors (Lipinski definition) is 1. The van der Waals surface area contributed by atoms with Crippen molar-refractivity contribution >= 4 is 5.97 Å². The van der Waals surface area contributed by atoms with Gasteiger partial charge in [-0.15, -0.1) is 0 Å². The fourth-order valence-electron chi connectivity index (χ4n) is 1.51. The molecule has 6 heteroatoms. The van der Waals surface area contributed by atoms with Crippen molar-refractivity contribution in [2.24, 2.45) is 0 Å². The van der Waals surface area contributed by atoms with Crippen LogP contribution in [0.4, 0.5) is 8.78 Å². The van der Waals surface area contributed by atoms with Crippen LogP contribution in [0.2, 0.25) is 0 Å². The topological polar surface area (TPSA) is 47.6 Å². The van der Waals surface area contributed by atoms with Crippen molar-refractivity contribution in [3.63, 3.8) is 0 Å². The molecule has 19 heavy (non-hydrogen) atoms. The Morgan fingerprint density at radius 1 is 1.42 bits per heavy atom. The molecular weight excluding hydrogens is 256 g/mol. The number of carbonyl (C=O) groups is 1. The number of rotatable bonds is 6. The lowest BCUT2D eigenvalue weighted by atomic mass is 9.99. The summed E-state index contributed by atoms with van der Waals surface area (Å²) in [5, 5.41) is 2.82. The molecule has 0 saturated carbocycles. The van der Waals surface area contributed by atoms with Gasteiger partial charge in [-0.25, -0.2) is 4.39 Å². The number of ether oxygens (including phenoxy) is 2. The molecule has 0 aliphatic heterocycles. The van der Waals surface area contributed by atoms with Gasteiger partial charge >= 0.3 is 5.97 Å².